The van der Waals surface area contributed by atoms with E-state index < -0.39 is 6.61 Å². The van der Waals surface area contributed by atoms with E-state index in [1.54, 1.807) is 25.1 Å². The molecule has 0 spiro atoms. The van der Waals surface area contributed by atoms with Crippen molar-refractivity contribution in [1.82, 2.24) is 10.6 Å². The maximum Gasteiger partial charge on any atom is 0.387 e. The predicted octanol–water partition coefficient (Wildman–Crippen LogP) is 3.77. The maximum atomic E-state index is 12.8. The number of alkyl halides is 2. The Labute approximate surface area is 183 Å². The highest BCUT2D eigenvalue weighted by atomic mass is 127. The van der Waals surface area contributed by atoms with Crippen molar-refractivity contribution in [3.05, 3.63) is 23.8 Å². The van der Waals surface area contributed by atoms with Crippen molar-refractivity contribution in [1.29, 1.82) is 0 Å². The van der Waals surface area contributed by atoms with Crippen LogP contribution >= 0.6 is 24.0 Å². The summed E-state index contributed by atoms with van der Waals surface area (Å²) in [6.45, 7) is 6.46. The number of halogens is 3. The second kappa shape index (κ2) is 13.8. The number of rotatable bonds is 11. The molecule has 0 heterocycles. The molecule has 0 radical (unpaired) electrons. The van der Waals surface area contributed by atoms with Gasteiger partial charge in [0.15, 0.2) is 17.5 Å². The van der Waals surface area contributed by atoms with Crippen LogP contribution in [0, 0.1) is 5.41 Å². The van der Waals surface area contributed by atoms with Crippen molar-refractivity contribution in [2.24, 2.45) is 10.4 Å². The van der Waals surface area contributed by atoms with Gasteiger partial charge in [0, 0.05) is 24.1 Å². The minimum Gasteiger partial charge on any atom is -0.490 e. The third-order valence-corrected chi connectivity index (χ3v) is 4.24. The lowest BCUT2D eigenvalue weighted by atomic mass is 9.89. The summed E-state index contributed by atoms with van der Waals surface area (Å²) in [6, 6.07) is 4.98. The van der Waals surface area contributed by atoms with E-state index in [-0.39, 0.29) is 54.0 Å². The van der Waals surface area contributed by atoms with E-state index in [1.807, 2.05) is 20.8 Å². The molecule has 0 saturated carbocycles. The summed E-state index contributed by atoms with van der Waals surface area (Å²) < 4.78 is 35.7. The molecule has 0 aliphatic heterocycles. The summed E-state index contributed by atoms with van der Waals surface area (Å²) in [5.41, 5.74) is 0.230. The number of hydrogen-bond acceptors (Lipinski definition) is 4. The van der Waals surface area contributed by atoms with Gasteiger partial charge < -0.3 is 25.2 Å². The van der Waals surface area contributed by atoms with Gasteiger partial charge in [-0.3, -0.25) is 0 Å². The summed E-state index contributed by atoms with van der Waals surface area (Å²) in [7, 11) is 0. The molecule has 1 rings (SSSR count). The number of ether oxygens (including phenoxy) is 2. The molecular formula is C19H32F2IN3O3. The summed E-state index contributed by atoms with van der Waals surface area (Å²) in [5, 5.41) is 15.8. The molecule has 6 nitrogen and oxygen atoms in total. The number of hydrogen-bond donors (Lipinski definition) is 3. The van der Waals surface area contributed by atoms with E-state index in [1.165, 1.54) is 0 Å². The zero-order valence-electron chi connectivity index (χ0n) is 16.9. The quantitative estimate of drug-likeness (QED) is 0.238. The Kier molecular flexibility index (Phi) is 13.1. The monoisotopic (exact) mass is 515 g/mol. The van der Waals surface area contributed by atoms with Gasteiger partial charge in [0.2, 0.25) is 0 Å². The van der Waals surface area contributed by atoms with Gasteiger partial charge >= 0.3 is 6.61 Å². The highest BCUT2D eigenvalue weighted by Gasteiger charge is 2.21. The van der Waals surface area contributed by atoms with Gasteiger partial charge in [-0.1, -0.05) is 26.0 Å². The Morgan fingerprint density at radius 1 is 1.25 bits per heavy atom. The van der Waals surface area contributed by atoms with E-state index in [2.05, 4.69) is 20.4 Å². The summed E-state index contributed by atoms with van der Waals surface area (Å²) in [6.07, 6.45) is 0.804. The second-order valence-electron chi connectivity index (χ2n) is 6.43. The number of aliphatic imine (C=N–C) groups is 1. The Morgan fingerprint density at radius 2 is 1.96 bits per heavy atom. The molecule has 1 unspecified atom stereocenters. The number of benzene rings is 1. The second-order valence-corrected chi connectivity index (χ2v) is 6.43. The molecule has 3 N–H and O–H groups in total. The van der Waals surface area contributed by atoms with E-state index in [9.17, 15) is 13.9 Å². The third kappa shape index (κ3) is 8.76. The lowest BCUT2D eigenvalue weighted by Gasteiger charge is -2.27. The van der Waals surface area contributed by atoms with Crippen LogP contribution in [0.2, 0.25) is 0 Å². The van der Waals surface area contributed by atoms with Crippen molar-refractivity contribution in [3.63, 3.8) is 0 Å². The van der Waals surface area contributed by atoms with Crippen LogP contribution < -0.4 is 20.1 Å². The van der Waals surface area contributed by atoms with Crippen molar-refractivity contribution in [2.45, 2.75) is 47.3 Å². The topological polar surface area (TPSA) is 75.1 Å². The van der Waals surface area contributed by atoms with Crippen molar-refractivity contribution in [2.75, 3.05) is 26.3 Å². The van der Waals surface area contributed by atoms with E-state index in [4.69, 9.17) is 4.74 Å². The number of guanidine groups is 1. The molecule has 0 aliphatic carbocycles. The highest BCUT2D eigenvalue weighted by Crippen LogP contribution is 2.33. The first-order valence-electron chi connectivity index (χ1n) is 9.21. The Hall–Kier alpha value is -1.36. The smallest absolute Gasteiger partial charge is 0.387 e. The molecule has 0 bridgehead atoms. The predicted molar refractivity (Wildman–Crippen MR) is 118 cm³/mol. The summed E-state index contributed by atoms with van der Waals surface area (Å²) >= 11 is 0. The molecule has 0 aromatic heterocycles. The van der Waals surface area contributed by atoms with Gasteiger partial charge in [0.1, 0.15) is 0 Å². The molecule has 162 valence electrons. The molecular weight excluding hydrogens is 483 g/mol. The molecule has 0 amide bonds. The Bertz CT molecular complexity index is 600. The number of nitrogens with one attached hydrogen (secondary N) is 2. The fourth-order valence-corrected chi connectivity index (χ4v) is 2.27. The molecule has 0 saturated heterocycles. The average molecular weight is 515 g/mol. The first-order valence-corrected chi connectivity index (χ1v) is 9.21. The SMILES string of the molecule is CCNC(=NCc1cccc(OCC)c1OC(F)F)NCC(C)(CC)CO.I. The highest BCUT2D eigenvalue weighted by molar-refractivity contribution is 14.0. The molecule has 28 heavy (non-hydrogen) atoms. The number of nitrogens with zero attached hydrogens (tertiary/aromatic N) is 1. The molecule has 0 fully saturated rings. The van der Waals surface area contributed by atoms with Crippen LogP contribution in [-0.4, -0.2) is 44.0 Å². The summed E-state index contributed by atoms with van der Waals surface area (Å²) in [4.78, 5) is 4.46. The Morgan fingerprint density at radius 3 is 2.50 bits per heavy atom. The van der Waals surface area contributed by atoms with Crippen LogP contribution in [0.25, 0.3) is 0 Å². The normalized spacial score (nSPS) is 13.5. The van der Waals surface area contributed by atoms with Crippen LogP contribution in [0.3, 0.4) is 0 Å². The van der Waals surface area contributed by atoms with E-state index in [0.29, 0.717) is 31.2 Å². The largest absolute Gasteiger partial charge is 0.490 e. The van der Waals surface area contributed by atoms with Gasteiger partial charge in [0.05, 0.1) is 19.8 Å². The lowest BCUT2D eigenvalue weighted by molar-refractivity contribution is -0.0520. The minimum absolute atomic E-state index is 0. The fraction of sp³-hybridized carbons (Fsp3) is 0.632. The van der Waals surface area contributed by atoms with Crippen LogP contribution in [0.4, 0.5) is 8.78 Å². The van der Waals surface area contributed by atoms with Crippen molar-refractivity contribution in [3.8, 4) is 11.5 Å². The third-order valence-electron chi connectivity index (χ3n) is 4.24. The van der Waals surface area contributed by atoms with Crippen LogP contribution in [0.1, 0.15) is 39.7 Å². The number of para-hydroxylation sites is 1. The lowest BCUT2D eigenvalue weighted by Crippen LogP contribution is -2.43. The number of aliphatic hydroxyl groups is 1. The van der Waals surface area contributed by atoms with Crippen molar-refractivity contribution >= 4 is 29.9 Å². The minimum atomic E-state index is -2.95. The van der Waals surface area contributed by atoms with Crippen LogP contribution in [0.5, 0.6) is 11.5 Å². The van der Waals surface area contributed by atoms with Crippen LogP contribution in [0.15, 0.2) is 23.2 Å². The van der Waals surface area contributed by atoms with Crippen molar-refractivity contribution < 1.29 is 23.4 Å². The standard InChI is InChI=1S/C19H31F2N3O3.HI/c1-5-19(4,13-25)12-24-18(22-6-2)23-11-14-9-8-10-15(26-7-3)16(14)27-17(20)21;/h8-10,17,25H,5-7,11-13H2,1-4H3,(H2,22,23,24);1H. The van der Waals surface area contributed by atoms with Gasteiger partial charge in [-0.2, -0.15) is 8.78 Å². The van der Waals surface area contributed by atoms with E-state index >= 15 is 0 Å². The molecule has 1 aromatic rings. The Balaban J connectivity index is 0.00000729. The van der Waals surface area contributed by atoms with Gasteiger partial charge in [-0.15, -0.1) is 24.0 Å². The maximum absolute atomic E-state index is 12.8. The van der Waals surface area contributed by atoms with Gasteiger partial charge in [-0.05, 0) is 26.3 Å². The average Bonchev–Trinajstić information content (AvgIpc) is 2.65. The number of aliphatic hydroxyl groups excluding tert-OH is 1. The molecule has 0 aliphatic rings. The zero-order valence-corrected chi connectivity index (χ0v) is 19.3. The first kappa shape index (κ1) is 26.6. The van der Waals surface area contributed by atoms with Gasteiger partial charge in [-0.25, -0.2) is 4.99 Å². The zero-order chi connectivity index (χ0) is 20.3. The molecule has 1 atom stereocenters. The molecule has 1 aromatic carbocycles. The first-order chi connectivity index (χ1) is 12.9. The van der Waals surface area contributed by atoms with E-state index in [0.717, 1.165) is 6.42 Å². The van der Waals surface area contributed by atoms with Crippen LogP contribution in [-0.2, 0) is 6.54 Å². The van der Waals surface area contributed by atoms with Gasteiger partial charge in [0.25, 0.3) is 0 Å². The summed E-state index contributed by atoms with van der Waals surface area (Å²) in [5.74, 6) is 0.806. The fourth-order valence-electron chi connectivity index (χ4n) is 2.27. The molecule has 9 heteroatoms.